The summed E-state index contributed by atoms with van der Waals surface area (Å²) in [7, 11) is 0.661. The number of hydrogen-bond acceptors (Lipinski definition) is 0. The fourth-order valence-electron chi connectivity index (χ4n) is 7.04. The van der Waals surface area contributed by atoms with Crippen molar-refractivity contribution in [1.29, 1.82) is 0 Å². The van der Waals surface area contributed by atoms with Gasteiger partial charge >= 0.3 is 0 Å². The molecule has 3 aromatic heterocycles. The summed E-state index contributed by atoms with van der Waals surface area (Å²) in [4.78, 5) is 0. The van der Waals surface area contributed by atoms with Gasteiger partial charge in [-0.3, -0.25) is 0 Å². The highest BCUT2D eigenvalue weighted by Crippen LogP contribution is 2.42. The lowest BCUT2D eigenvalue weighted by Gasteiger charge is -2.29. The van der Waals surface area contributed by atoms with E-state index in [0.29, 0.717) is 0 Å². The Labute approximate surface area is 222 Å². The third-order valence-corrected chi connectivity index (χ3v) is 15.3. The maximum absolute atomic E-state index is 2.62. The Morgan fingerprint density at radius 2 is 1.51 bits per heavy atom. The van der Waals surface area contributed by atoms with Crippen molar-refractivity contribution < 1.29 is 4.57 Å². The molecule has 0 N–H and O–H groups in total. The number of pyridine rings is 2. The molecule has 0 fully saturated rings. The summed E-state index contributed by atoms with van der Waals surface area (Å²) in [5.41, 5.74) is 9.74. The highest BCUT2D eigenvalue weighted by atomic mass is 28.3. The lowest BCUT2D eigenvalue weighted by atomic mass is 9.86. The average molecular weight is 506 g/mol. The number of nitrogens with zero attached hydrogens (tertiary/aromatic N) is 2. The summed E-state index contributed by atoms with van der Waals surface area (Å²) in [5.74, 6) is 0. The van der Waals surface area contributed by atoms with E-state index in [1.54, 1.807) is 5.19 Å². The zero-order chi connectivity index (χ0) is 26.4. The summed E-state index contributed by atoms with van der Waals surface area (Å²) < 4.78 is 4.98. The SMILES string of the molecule is CC[Si](CC)(CC)c1cc2cc[n+](C)c3c4c(C)c(C)cc5c6cc(C(C)(C)C)ccc6n(c(c1)c23)c54. The number of aryl methyl sites for hydroxylation is 3. The minimum Gasteiger partial charge on any atom is -0.307 e. The van der Waals surface area contributed by atoms with Crippen molar-refractivity contribution in [1.82, 2.24) is 4.40 Å². The maximum atomic E-state index is 2.62. The van der Waals surface area contributed by atoms with Crippen LogP contribution in [0.3, 0.4) is 0 Å². The van der Waals surface area contributed by atoms with Crippen LogP contribution in [-0.4, -0.2) is 12.5 Å². The second kappa shape index (κ2) is 8.04. The summed E-state index contributed by atoms with van der Waals surface area (Å²) >= 11 is 0. The monoisotopic (exact) mass is 505 g/mol. The van der Waals surface area contributed by atoms with Gasteiger partial charge in [0.25, 0.3) is 0 Å². The Balaban J connectivity index is 1.95. The number of hydrogen-bond donors (Lipinski definition) is 0. The molecule has 0 spiro atoms. The summed E-state index contributed by atoms with van der Waals surface area (Å²) in [5, 5.41) is 8.58. The molecule has 3 heteroatoms. The van der Waals surface area contributed by atoms with E-state index < -0.39 is 8.07 Å². The van der Waals surface area contributed by atoms with Crippen molar-refractivity contribution in [2.24, 2.45) is 7.05 Å². The predicted octanol–water partition coefficient (Wildman–Crippen LogP) is 8.44. The standard InChI is InChI=1S/C34H41N2Si/c1-10-37(11-2,12-3)25-18-23-15-16-35(9)33-30-22(5)21(4)17-27-26-19-24(34(6,7)8)13-14-28(26)36(32(27)30)29(20-25)31(23)33/h13-20H,10-12H2,1-9H3/q+1. The summed E-state index contributed by atoms with van der Waals surface area (Å²) in [6.07, 6.45) is 2.28. The van der Waals surface area contributed by atoms with Gasteiger partial charge in [0.2, 0.25) is 5.52 Å². The predicted molar refractivity (Wildman–Crippen MR) is 165 cm³/mol. The molecule has 0 atom stereocenters. The average Bonchev–Trinajstić information content (AvgIpc) is 3.20. The normalized spacial score (nSPS) is 13.3. The third kappa shape index (κ3) is 3.19. The van der Waals surface area contributed by atoms with Gasteiger partial charge in [0, 0.05) is 16.8 Å². The van der Waals surface area contributed by atoms with Crippen LogP contribution in [0.15, 0.2) is 48.7 Å². The van der Waals surface area contributed by atoms with Gasteiger partial charge in [-0.05, 0) is 65.6 Å². The topological polar surface area (TPSA) is 8.29 Å². The van der Waals surface area contributed by atoms with Crippen molar-refractivity contribution in [3.05, 3.63) is 65.4 Å². The number of rotatable bonds is 4. The van der Waals surface area contributed by atoms with Crippen LogP contribution in [0.5, 0.6) is 0 Å². The first-order valence-corrected chi connectivity index (χ1v) is 16.7. The van der Waals surface area contributed by atoms with E-state index in [0.717, 1.165) is 0 Å². The second-order valence-electron chi connectivity index (χ2n) is 12.5. The highest BCUT2D eigenvalue weighted by molar-refractivity contribution is 6.92. The van der Waals surface area contributed by atoms with Crippen molar-refractivity contribution in [3.63, 3.8) is 0 Å². The molecule has 0 radical (unpaired) electrons. The number of benzene rings is 3. The minimum absolute atomic E-state index is 0.114. The van der Waals surface area contributed by atoms with Crippen molar-refractivity contribution in [2.45, 2.75) is 78.9 Å². The molecule has 37 heavy (non-hydrogen) atoms. The molecular formula is C34H41N2Si+. The fraction of sp³-hybridized carbons (Fsp3) is 0.382. The molecule has 190 valence electrons. The van der Waals surface area contributed by atoms with Crippen molar-refractivity contribution in [3.8, 4) is 0 Å². The first kappa shape index (κ1) is 24.4. The molecule has 0 saturated carbocycles. The Bertz CT molecular complexity index is 1840. The molecular weight excluding hydrogens is 464 g/mol. The zero-order valence-electron chi connectivity index (χ0n) is 24.1. The van der Waals surface area contributed by atoms with Crippen LogP contribution in [0.4, 0.5) is 0 Å². The first-order valence-electron chi connectivity index (χ1n) is 14.1. The van der Waals surface area contributed by atoms with E-state index in [1.165, 1.54) is 83.8 Å². The molecule has 0 saturated heterocycles. The molecule has 0 bridgehead atoms. The molecule has 0 aliphatic carbocycles. The molecule has 6 rings (SSSR count). The molecule has 3 aromatic carbocycles. The quantitative estimate of drug-likeness (QED) is 0.0983. The lowest BCUT2D eigenvalue weighted by Crippen LogP contribution is -2.45. The van der Waals surface area contributed by atoms with Gasteiger partial charge in [-0.15, -0.1) is 0 Å². The van der Waals surface area contributed by atoms with E-state index in [4.69, 9.17) is 0 Å². The fourth-order valence-corrected chi connectivity index (χ4v) is 10.7. The zero-order valence-corrected chi connectivity index (χ0v) is 25.1. The summed E-state index contributed by atoms with van der Waals surface area (Å²) in [6, 6.07) is 21.0. The minimum atomic E-state index is -1.56. The Hall–Kier alpha value is -2.91. The van der Waals surface area contributed by atoms with E-state index >= 15 is 0 Å². The van der Waals surface area contributed by atoms with Crippen molar-refractivity contribution >= 4 is 62.3 Å². The molecule has 3 heterocycles. The van der Waals surface area contributed by atoms with Crippen LogP contribution in [-0.2, 0) is 12.5 Å². The van der Waals surface area contributed by atoms with E-state index in [2.05, 4.69) is 120 Å². The third-order valence-electron chi connectivity index (χ3n) is 9.77. The van der Waals surface area contributed by atoms with Gasteiger partial charge in [-0.1, -0.05) is 77.0 Å². The van der Waals surface area contributed by atoms with Crippen LogP contribution in [0.25, 0.3) is 49.0 Å². The molecule has 2 nitrogen and oxygen atoms in total. The van der Waals surface area contributed by atoms with Gasteiger partial charge < -0.3 is 4.40 Å². The van der Waals surface area contributed by atoms with Gasteiger partial charge in [0.05, 0.1) is 35.4 Å². The van der Waals surface area contributed by atoms with Crippen LogP contribution >= 0.6 is 0 Å². The Kier molecular flexibility index (Phi) is 5.31. The van der Waals surface area contributed by atoms with E-state index in [9.17, 15) is 0 Å². The maximum Gasteiger partial charge on any atom is 0.224 e. The number of fused-ring (bicyclic) bond motifs is 5. The van der Waals surface area contributed by atoms with E-state index in [1.807, 2.05) is 0 Å². The van der Waals surface area contributed by atoms with Gasteiger partial charge in [-0.25, -0.2) is 4.57 Å². The molecule has 0 unspecified atom stereocenters. The second-order valence-corrected chi connectivity index (χ2v) is 17.7. The molecule has 0 aliphatic rings. The smallest absolute Gasteiger partial charge is 0.224 e. The molecule has 0 aliphatic heterocycles. The van der Waals surface area contributed by atoms with Gasteiger partial charge in [0.15, 0.2) is 6.20 Å². The van der Waals surface area contributed by atoms with Gasteiger partial charge in [-0.2, -0.15) is 0 Å². The summed E-state index contributed by atoms with van der Waals surface area (Å²) in [6.45, 7) is 18.8. The first-order chi connectivity index (χ1) is 17.6. The molecule has 6 aromatic rings. The highest BCUT2D eigenvalue weighted by Gasteiger charge is 2.32. The molecule has 0 amide bonds. The van der Waals surface area contributed by atoms with Crippen LogP contribution in [0, 0.1) is 13.8 Å². The van der Waals surface area contributed by atoms with Crippen LogP contribution in [0.1, 0.15) is 58.2 Å². The lowest BCUT2D eigenvalue weighted by molar-refractivity contribution is -0.643. The van der Waals surface area contributed by atoms with Gasteiger partial charge in [0.1, 0.15) is 7.05 Å². The van der Waals surface area contributed by atoms with Crippen LogP contribution in [0.2, 0.25) is 18.1 Å². The Morgan fingerprint density at radius 3 is 2.16 bits per heavy atom. The Morgan fingerprint density at radius 1 is 0.811 bits per heavy atom. The largest absolute Gasteiger partial charge is 0.307 e. The van der Waals surface area contributed by atoms with Crippen molar-refractivity contribution in [2.75, 3.05) is 0 Å². The van der Waals surface area contributed by atoms with Crippen LogP contribution < -0.4 is 9.75 Å². The van der Waals surface area contributed by atoms with E-state index in [-0.39, 0.29) is 5.41 Å². The number of aromatic nitrogens is 2.